The van der Waals surface area contributed by atoms with Crippen molar-refractivity contribution in [2.45, 2.75) is 6.42 Å². The summed E-state index contributed by atoms with van der Waals surface area (Å²) in [5.41, 5.74) is 6.06. The number of benzene rings is 2. The van der Waals surface area contributed by atoms with Crippen molar-refractivity contribution in [1.82, 2.24) is 9.80 Å². The van der Waals surface area contributed by atoms with E-state index in [1.54, 1.807) is 29.2 Å². The normalized spacial score (nSPS) is 14.1. The molecule has 31 heavy (non-hydrogen) atoms. The number of hydrogen-bond acceptors (Lipinski definition) is 7. The van der Waals surface area contributed by atoms with E-state index in [4.69, 9.17) is 10.5 Å². The van der Waals surface area contributed by atoms with Crippen molar-refractivity contribution < 1.29 is 24.0 Å². The summed E-state index contributed by atoms with van der Waals surface area (Å²) in [4.78, 5) is 49.5. The van der Waals surface area contributed by atoms with Crippen molar-refractivity contribution >= 4 is 23.5 Å². The van der Waals surface area contributed by atoms with Gasteiger partial charge >= 0.3 is 5.97 Å². The number of hydrogen-bond donors (Lipinski definition) is 1. The fraction of sp³-hybridized carbons (Fsp3) is 0.286. The lowest BCUT2D eigenvalue weighted by molar-refractivity contribution is -0.384. The van der Waals surface area contributed by atoms with Crippen molar-refractivity contribution in [3.05, 3.63) is 69.8 Å². The molecule has 10 heteroatoms. The summed E-state index contributed by atoms with van der Waals surface area (Å²) < 4.78 is 5.27. The molecule has 1 aliphatic rings. The minimum Gasteiger partial charge on any atom is -0.423 e. The van der Waals surface area contributed by atoms with Crippen LogP contribution in [-0.4, -0.2) is 65.2 Å². The van der Waals surface area contributed by atoms with E-state index in [9.17, 15) is 24.5 Å². The van der Waals surface area contributed by atoms with Gasteiger partial charge in [0.15, 0.2) is 0 Å². The average Bonchev–Trinajstić information content (AvgIpc) is 2.75. The average molecular weight is 426 g/mol. The molecule has 1 fully saturated rings. The maximum Gasteiger partial charge on any atom is 0.343 e. The molecule has 1 aliphatic heterocycles. The molecule has 10 nitrogen and oxygen atoms in total. The zero-order valence-electron chi connectivity index (χ0n) is 16.7. The Kier molecular flexibility index (Phi) is 6.93. The topological polar surface area (TPSA) is 136 Å². The Morgan fingerprint density at radius 1 is 0.968 bits per heavy atom. The van der Waals surface area contributed by atoms with Gasteiger partial charge in [0.25, 0.3) is 5.69 Å². The highest BCUT2D eigenvalue weighted by molar-refractivity contribution is 5.91. The van der Waals surface area contributed by atoms with Gasteiger partial charge in [-0.15, -0.1) is 0 Å². The molecule has 0 aliphatic carbocycles. The van der Waals surface area contributed by atoms with Crippen molar-refractivity contribution in [3.63, 3.8) is 0 Å². The predicted molar refractivity (Wildman–Crippen MR) is 110 cm³/mol. The van der Waals surface area contributed by atoms with Crippen LogP contribution in [-0.2, 0) is 16.0 Å². The van der Waals surface area contributed by atoms with Crippen LogP contribution in [0.25, 0.3) is 0 Å². The molecule has 0 atom stereocenters. The Morgan fingerprint density at radius 3 is 2.13 bits per heavy atom. The predicted octanol–water partition coefficient (Wildman–Crippen LogP) is 0.986. The van der Waals surface area contributed by atoms with Gasteiger partial charge in [0.2, 0.25) is 11.8 Å². The van der Waals surface area contributed by atoms with Crippen LogP contribution in [0.3, 0.4) is 0 Å². The third-order valence-corrected chi connectivity index (χ3v) is 4.91. The summed E-state index contributed by atoms with van der Waals surface area (Å²) in [6.07, 6.45) is 0.215. The molecular weight excluding hydrogens is 404 g/mol. The Balaban J connectivity index is 1.50. The van der Waals surface area contributed by atoms with Crippen molar-refractivity contribution in [2.75, 3.05) is 32.7 Å². The van der Waals surface area contributed by atoms with Gasteiger partial charge < -0.3 is 15.4 Å². The van der Waals surface area contributed by atoms with Gasteiger partial charge in [0.05, 0.1) is 23.5 Å². The van der Waals surface area contributed by atoms with Gasteiger partial charge in [-0.1, -0.05) is 12.1 Å². The van der Waals surface area contributed by atoms with Gasteiger partial charge in [-0.2, -0.15) is 0 Å². The van der Waals surface area contributed by atoms with Crippen LogP contribution in [0.15, 0.2) is 48.5 Å². The summed E-state index contributed by atoms with van der Waals surface area (Å²) >= 11 is 0. The molecule has 2 aromatic rings. The highest BCUT2D eigenvalue weighted by atomic mass is 16.6. The number of nitrogens with two attached hydrogens (primary N) is 1. The highest BCUT2D eigenvalue weighted by Gasteiger charge is 2.22. The minimum absolute atomic E-state index is 0.0191. The molecule has 1 saturated heterocycles. The summed E-state index contributed by atoms with van der Waals surface area (Å²) in [5.74, 6) is -0.726. The molecule has 0 saturated carbocycles. The summed E-state index contributed by atoms with van der Waals surface area (Å²) in [5, 5.41) is 10.7. The molecule has 0 bridgehead atoms. The second-order valence-electron chi connectivity index (χ2n) is 7.14. The highest BCUT2D eigenvalue weighted by Crippen LogP contribution is 2.17. The number of primary amides is 1. The quantitative estimate of drug-likeness (QED) is 0.302. The molecule has 162 valence electrons. The number of carbonyl (C=O) groups is 3. The standard InChI is InChI=1S/C21H22N4O6/c22-19(26)14-23-9-11-24(12-10-23)20(27)13-15-1-7-18(8-2-15)31-21(28)16-3-5-17(6-4-16)25(29)30/h1-8H,9-14H2,(H2,22,26). The fourth-order valence-electron chi connectivity index (χ4n) is 3.22. The molecule has 3 rings (SSSR count). The second kappa shape index (κ2) is 9.81. The summed E-state index contributed by atoms with van der Waals surface area (Å²) in [7, 11) is 0. The molecule has 0 radical (unpaired) electrons. The number of nitrogens with zero attached hydrogens (tertiary/aromatic N) is 3. The number of carbonyl (C=O) groups excluding carboxylic acids is 3. The molecule has 0 unspecified atom stereocenters. The maximum absolute atomic E-state index is 12.5. The first-order valence-corrected chi connectivity index (χ1v) is 9.66. The van der Waals surface area contributed by atoms with Crippen LogP contribution in [0.5, 0.6) is 5.75 Å². The number of nitro benzene ring substituents is 1. The molecular formula is C21H22N4O6. The first-order chi connectivity index (χ1) is 14.8. The van der Waals surface area contributed by atoms with E-state index < -0.39 is 10.9 Å². The third kappa shape index (κ3) is 6.09. The maximum atomic E-state index is 12.5. The minimum atomic E-state index is -0.632. The van der Waals surface area contributed by atoms with E-state index in [-0.39, 0.29) is 36.0 Å². The Hall–Kier alpha value is -3.79. The Bertz CT molecular complexity index is 966. The van der Waals surface area contributed by atoms with Crippen molar-refractivity contribution in [2.24, 2.45) is 5.73 Å². The largest absolute Gasteiger partial charge is 0.423 e. The number of ether oxygens (including phenoxy) is 1. The smallest absolute Gasteiger partial charge is 0.343 e. The molecule has 2 N–H and O–H groups in total. The van der Waals surface area contributed by atoms with Crippen LogP contribution >= 0.6 is 0 Å². The number of esters is 1. The van der Waals surface area contributed by atoms with Gasteiger partial charge in [-0.25, -0.2) is 4.79 Å². The molecule has 2 aromatic carbocycles. The number of amides is 2. The van der Waals surface area contributed by atoms with Crippen LogP contribution in [0.4, 0.5) is 5.69 Å². The lowest BCUT2D eigenvalue weighted by Crippen LogP contribution is -2.50. The van der Waals surface area contributed by atoms with E-state index in [1.807, 2.05) is 4.90 Å². The van der Waals surface area contributed by atoms with E-state index in [0.717, 1.165) is 5.56 Å². The Labute approximate surface area is 178 Å². The van der Waals surface area contributed by atoms with E-state index in [2.05, 4.69) is 0 Å². The van der Waals surface area contributed by atoms with Crippen LogP contribution in [0.1, 0.15) is 15.9 Å². The second-order valence-corrected chi connectivity index (χ2v) is 7.14. The summed E-state index contributed by atoms with van der Waals surface area (Å²) in [6, 6.07) is 11.7. The van der Waals surface area contributed by atoms with Crippen LogP contribution in [0, 0.1) is 10.1 Å². The summed E-state index contributed by atoms with van der Waals surface area (Å²) in [6.45, 7) is 2.48. The van der Waals surface area contributed by atoms with Crippen LogP contribution < -0.4 is 10.5 Å². The first kappa shape index (κ1) is 21.9. The Morgan fingerprint density at radius 2 is 1.58 bits per heavy atom. The zero-order valence-corrected chi connectivity index (χ0v) is 16.7. The van der Waals surface area contributed by atoms with Gasteiger partial charge in [-0.3, -0.25) is 24.6 Å². The molecule has 1 heterocycles. The van der Waals surface area contributed by atoms with E-state index in [0.29, 0.717) is 31.9 Å². The molecule has 0 aromatic heterocycles. The van der Waals surface area contributed by atoms with Gasteiger partial charge in [-0.05, 0) is 29.8 Å². The van der Waals surface area contributed by atoms with Gasteiger partial charge in [0.1, 0.15) is 5.75 Å². The molecule has 0 spiro atoms. The third-order valence-electron chi connectivity index (χ3n) is 4.91. The monoisotopic (exact) mass is 426 g/mol. The lowest BCUT2D eigenvalue weighted by atomic mass is 10.1. The molecule has 2 amide bonds. The number of piperazine rings is 1. The van der Waals surface area contributed by atoms with Crippen LogP contribution in [0.2, 0.25) is 0 Å². The lowest BCUT2D eigenvalue weighted by Gasteiger charge is -2.34. The van der Waals surface area contributed by atoms with Gasteiger partial charge in [0, 0.05) is 38.3 Å². The van der Waals surface area contributed by atoms with Crippen molar-refractivity contribution in [3.8, 4) is 5.75 Å². The fourth-order valence-corrected chi connectivity index (χ4v) is 3.22. The SMILES string of the molecule is NC(=O)CN1CCN(C(=O)Cc2ccc(OC(=O)c3ccc([N+](=O)[O-])cc3)cc2)CC1. The number of non-ortho nitro benzene ring substituents is 1. The van der Waals surface area contributed by atoms with Crippen molar-refractivity contribution in [1.29, 1.82) is 0 Å². The zero-order chi connectivity index (χ0) is 22.4. The number of nitro groups is 1. The first-order valence-electron chi connectivity index (χ1n) is 9.66. The number of rotatable bonds is 7. The van der Waals surface area contributed by atoms with E-state index >= 15 is 0 Å². The van der Waals surface area contributed by atoms with E-state index in [1.165, 1.54) is 24.3 Å².